The van der Waals surface area contributed by atoms with E-state index in [0.717, 1.165) is 5.56 Å². The van der Waals surface area contributed by atoms with E-state index in [9.17, 15) is 9.18 Å². The van der Waals surface area contributed by atoms with Gasteiger partial charge in [0.15, 0.2) is 0 Å². The summed E-state index contributed by atoms with van der Waals surface area (Å²) in [5, 5.41) is 0. The van der Waals surface area contributed by atoms with Crippen LogP contribution in [0.2, 0.25) is 0 Å². The molecule has 0 aromatic heterocycles. The molecule has 0 aliphatic carbocycles. The zero-order valence-electron chi connectivity index (χ0n) is 11.3. The minimum absolute atomic E-state index is 0.0606. The summed E-state index contributed by atoms with van der Waals surface area (Å²) in [4.78, 5) is 11.7. The lowest BCUT2D eigenvalue weighted by molar-refractivity contribution is -0.144. The number of carbonyl (C=O) groups excluding carboxylic acids is 1. The Morgan fingerprint density at radius 1 is 1.24 bits per heavy atom. The highest BCUT2D eigenvalue weighted by Crippen LogP contribution is 2.16. The van der Waals surface area contributed by atoms with Crippen molar-refractivity contribution in [3.8, 4) is 0 Å². The molecule has 5 heteroatoms. The van der Waals surface area contributed by atoms with E-state index in [-0.39, 0.29) is 19.0 Å². The smallest absolute Gasteiger partial charge is 0.306 e. The number of carbonyl (C=O) groups is 1. The molecule has 2 rings (SSSR count). The maximum absolute atomic E-state index is 13.6. The van der Waals surface area contributed by atoms with Crippen LogP contribution in [0.3, 0.4) is 0 Å². The van der Waals surface area contributed by atoms with Crippen molar-refractivity contribution in [1.82, 2.24) is 0 Å². The van der Waals surface area contributed by atoms with Gasteiger partial charge in [0, 0.05) is 22.1 Å². The molecule has 2 aromatic rings. The Labute approximate surface area is 131 Å². The number of aryl methyl sites for hydroxylation is 1. The van der Waals surface area contributed by atoms with Crippen LogP contribution in [0.4, 0.5) is 10.1 Å². The molecule has 3 nitrogen and oxygen atoms in total. The third-order valence-electron chi connectivity index (χ3n) is 2.97. The van der Waals surface area contributed by atoms with Gasteiger partial charge in [0.2, 0.25) is 0 Å². The van der Waals surface area contributed by atoms with Crippen LogP contribution in [0.1, 0.15) is 17.5 Å². The summed E-state index contributed by atoms with van der Waals surface area (Å²) < 4.78 is 19.3. The van der Waals surface area contributed by atoms with Crippen LogP contribution in [-0.2, 0) is 22.6 Å². The molecule has 0 aliphatic heterocycles. The molecular weight excluding hydrogens is 337 g/mol. The van der Waals surface area contributed by atoms with Crippen LogP contribution >= 0.6 is 15.9 Å². The van der Waals surface area contributed by atoms with E-state index in [4.69, 9.17) is 10.5 Å². The van der Waals surface area contributed by atoms with E-state index in [1.165, 1.54) is 6.07 Å². The molecule has 0 radical (unpaired) electrons. The molecule has 0 atom stereocenters. The Balaban J connectivity index is 1.82. The Morgan fingerprint density at radius 3 is 2.76 bits per heavy atom. The van der Waals surface area contributed by atoms with Gasteiger partial charge in [0.05, 0.1) is 0 Å². The zero-order chi connectivity index (χ0) is 15.2. The normalized spacial score (nSPS) is 10.4. The Kier molecular flexibility index (Phi) is 5.33. The van der Waals surface area contributed by atoms with Gasteiger partial charge in [0.25, 0.3) is 0 Å². The SMILES string of the molecule is Nc1cccc(CCC(=O)OCc2ccc(Br)cc2F)c1. The fraction of sp³-hybridized carbons (Fsp3) is 0.188. The van der Waals surface area contributed by atoms with Gasteiger partial charge in [-0.25, -0.2) is 4.39 Å². The monoisotopic (exact) mass is 351 g/mol. The lowest BCUT2D eigenvalue weighted by Crippen LogP contribution is -2.07. The highest BCUT2D eigenvalue weighted by Gasteiger charge is 2.08. The van der Waals surface area contributed by atoms with Crippen molar-refractivity contribution < 1.29 is 13.9 Å². The minimum Gasteiger partial charge on any atom is -0.461 e. The molecule has 0 aliphatic rings. The number of ether oxygens (including phenoxy) is 1. The second-order valence-corrected chi connectivity index (χ2v) is 5.56. The molecule has 0 fully saturated rings. The first kappa shape index (κ1) is 15.5. The van der Waals surface area contributed by atoms with E-state index < -0.39 is 5.82 Å². The Bertz CT molecular complexity index is 646. The molecule has 2 aromatic carbocycles. The summed E-state index contributed by atoms with van der Waals surface area (Å²) in [7, 11) is 0. The predicted molar refractivity (Wildman–Crippen MR) is 83.1 cm³/mol. The molecule has 0 heterocycles. The summed E-state index contributed by atoms with van der Waals surface area (Å²) in [5.41, 5.74) is 7.66. The highest BCUT2D eigenvalue weighted by atomic mass is 79.9. The second kappa shape index (κ2) is 7.22. The molecule has 0 saturated heterocycles. The maximum atomic E-state index is 13.6. The van der Waals surface area contributed by atoms with Crippen LogP contribution in [0, 0.1) is 5.82 Å². The standard InChI is InChI=1S/C16H15BrFNO2/c17-13-6-5-12(15(18)9-13)10-21-16(20)7-4-11-2-1-3-14(19)8-11/h1-3,5-6,8-9H,4,7,10,19H2. The third kappa shape index (κ3) is 4.86. The number of hydrogen-bond acceptors (Lipinski definition) is 3. The first-order chi connectivity index (χ1) is 10.0. The van der Waals surface area contributed by atoms with E-state index in [1.54, 1.807) is 18.2 Å². The van der Waals surface area contributed by atoms with Crippen LogP contribution in [0.25, 0.3) is 0 Å². The molecule has 0 unspecified atom stereocenters. The van der Waals surface area contributed by atoms with Gasteiger partial charge in [-0.3, -0.25) is 4.79 Å². The molecule has 21 heavy (non-hydrogen) atoms. The highest BCUT2D eigenvalue weighted by molar-refractivity contribution is 9.10. The topological polar surface area (TPSA) is 52.3 Å². The van der Waals surface area contributed by atoms with Crippen LogP contribution in [-0.4, -0.2) is 5.97 Å². The molecule has 2 N–H and O–H groups in total. The molecular formula is C16H15BrFNO2. The number of anilines is 1. The van der Waals surface area contributed by atoms with Gasteiger partial charge < -0.3 is 10.5 Å². The van der Waals surface area contributed by atoms with Crippen molar-refractivity contribution in [2.45, 2.75) is 19.4 Å². The Hall–Kier alpha value is -1.88. The molecule has 0 bridgehead atoms. The molecule has 0 amide bonds. The number of hydrogen-bond donors (Lipinski definition) is 1. The van der Waals surface area contributed by atoms with E-state index in [1.807, 2.05) is 18.2 Å². The number of benzene rings is 2. The quantitative estimate of drug-likeness (QED) is 0.657. The third-order valence-corrected chi connectivity index (χ3v) is 3.47. The zero-order valence-corrected chi connectivity index (χ0v) is 12.9. The van der Waals surface area contributed by atoms with E-state index in [0.29, 0.717) is 22.1 Å². The summed E-state index contributed by atoms with van der Waals surface area (Å²) >= 11 is 3.17. The van der Waals surface area contributed by atoms with Crippen molar-refractivity contribution in [3.63, 3.8) is 0 Å². The average molecular weight is 352 g/mol. The predicted octanol–water partition coefficient (Wildman–Crippen LogP) is 3.85. The lowest BCUT2D eigenvalue weighted by Gasteiger charge is -2.07. The van der Waals surface area contributed by atoms with E-state index in [2.05, 4.69) is 15.9 Å². The van der Waals surface area contributed by atoms with Gasteiger partial charge in [-0.1, -0.05) is 34.1 Å². The summed E-state index contributed by atoms with van der Waals surface area (Å²) in [6, 6.07) is 12.0. The first-order valence-corrected chi connectivity index (χ1v) is 7.28. The number of nitrogens with two attached hydrogens (primary N) is 1. The number of nitrogen functional groups attached to an aromatic ring is 1. The summed E-state index contributed by atoms with van der Waals surface area (Å²) in [6.45, 7) is -0.0606. The van der Waals surface area contributed by atoms with Gasteiger partial charge >= 0.3 is 5.97 Å². The molecule has 110 valence electrons. The van der Waals surface area contributed by atoms with Crippen molar-refractivity contribution in [2.75, 3.05) is 5.73 Å². The fourth-order valence-corrected chi connectivity index (χ4v) is 2.20. The minimum atomic E-state index is -0.395. The number of halogens is 2. The van der Waals surface area contributed by atoms with Crippen molar-refractivity contribution >= 4 is 27.6 Å². The van der Waals surface area contributed by atoms with Crippen molar-refractivity contribution in [1.29, 1.82) is 0 Å². The van der Waals surface area contributed by atoms with Crippen molar-refractivity contribution in [2.24, 2.45) is 0 Å². The van der Waals surface area contributed by atoms with E-state index >= 15 is 0 Å². The fourth-order valence-electron chi connectivity index (χ4n) is 1.86. The summed E-state index contributed by atoms with van der Waals surface area (Å²) in [5.74, 6) is -0.757. The van der Waals surface area contributed by atoms with Crippen LogP contribution in [0.5, 0.6) is 0 Å². The lowest BCUT2D eigenvalue weighted by atomic mass is 10.1. The van der Waals surface area contributed by atoms with Crippen LogP contribution < -0.4 is 5.73 Å². The van der Waals surface area contributed by atoms with Crippen molar-refractivity contribution in [3.05, 3.63) is 63.9 Å². The van der Waals surface area contributed by atoms with Gasteiger partial charge in [-0.2, -0.15) is 0 Å². The maximum Gasteiger partial charge on any atom is 0.306 e. The Morgan fingerprint density at radius 2 is 2.05 bits per heavy atom. The molecule has 0 saturated carbocycles. The second-order valence-electron chi connectivity index (χ2n) is 4.64. The first-order valence-electron chi connectivity index (χ1n) is 6.48. The number of esters is 1. The van der Waals surface area contributed by atoms with Crippen LogP contribution in [0.15, 0.2) is 46.9 Å². The van der Waals surface area contributed by atoms with Gasteiger partial charge in [-0.05, 0) is 36.2 Å². The number of rotatable bonds is 5. The largest absolute Gasteiger partial charge is 0.461 e. The average Bonchev–Trinajstić information content (AvgIpc) is 2.44. The molecule has 0 spiro atoms. The van der Waals surface area contributed by atoms with Gasteiger partial charge in [0.1, 0.15) is 12.4 Å². The summed E-state index contributed by atoms with van der Waals surface area (Å²) in [6.07, 6.45) is 0.786. The van der Waals surface area contributed by atoms with Gasteiger partial charge in [-0.15, -0.1) is 0 Å².